The number of pyridine rings is 1. The molecular weight excluding hydrogens is 388 g/mol. The van der Waals surface area contributed by atoms with Crippen molar-refractivity contribution in [3.05, 3.63) is 47.9 Å². The van der Waals surface area contributed by atoms with Gasteiger partial charge in [0, 0.05) is 43.7 Å². The van der Waals surface area contributed by atoms with Gasteiger partial charge < -0.3 is 15.7 Å². The van der Waals surface area contributed by atoms with Crippen molar-refractivity contribution in [1.82, 2.24) is 14.8 Å². The molecule has 148 valence electrons. The van der Waals surface area contributed by atoms with Crippen LogP contribution >= 0.6 is 11.6 Å². The Hall–Kier alpha value is -3.08. The predicted octanol–water partition coefficient (Wildman–Crippen LogP) is 3.10. The molecule has 3 N–H and O–H groups in total. The number of nitrogen functional groups attached to an aromatic ring is 1. The monoisotopic (exact) mass is 408 g/mol. The molecule has 2 aromatic heterocycles. The Balaban J connectivity index is 1.71. The number of aliphatic hydroxyl groups is 1. The maximum absolute atomic E-state index is 10.3. The summed E-state index contributed by atoms with van der Waals surface area (Å²) in [4.78, 5) is 6.22. The molecule has 29 heavy (non-hydrogen) atoms. The number of halogens is 1. The summed E-state index contributed by atoms with van der Waals surface area (Å²) >= 11 is 6.54. The number of aliphatic hydroxyl groups excluding tert-OH is 1. The molecule has 3 heterocycles. The summed E-state index contributed by atoms with van der Waals surface area (Å²) in [6.07, 6.45) is 5.32. The van der Waals surface area contributed by atoms with E-state index in [2.05, 4.69) is 16.2 Å². The highest BCUT2D eigenvalue weighted by molar-refractivity contribution is 6.36. The maximum atomic E-state index is 10.3. The summed E-state index contributed by atoms with van der Waals surface area (Å²) in [6.45, 7) is 0.932. The number of nitrogens with two attached hydrogens (primary N) is 1. The molecule has 7 nitrogen and oxygen atoms in total. The average Bonchev–Trinajstić information content (AvgIpc) is 3.16. The summed E-state index contributed by atoms with van der Waals surface area (Å²) in [5, 5.41) is 24.1. The average molecular weight is 409 g/mol. The molecule has 0 spiro atoms. The Morgan fingerprint density at radius 3 is 2.55 bits per heavy atom. The minimum Gasteiger partial charge on any atom is -0.390 e. The Labute approximate surface area is 174 Å². The van der Waals surface area contributed by atoms with Gasteiger partial charge in [0.2, 0.25) is 0 Å². The van der Waals surface area contributed by atoms with E-state index >= 15 is 0 Å². The van der Waals surface area contributed by atoms with Crippen molar-refractivity contribution < 1.29 is 5.11 Å². The van der Waals surface area contributed by atoms with E-state index in [0.717, 1.165) is 27.9 Å². The lowest BCUT2D eigenvalue weighted by Crippen LogP contribution is -2.43. The van der Waals surface area contributed by atoms with Crippen molar-refractivity contribution in [3.63, 3.8) is 0 Å². The molecule has 2 atom stereocenters. The molecule has 1 aromatic carbocycles. The van der Waals surface area contributed by atoms with Gasteiger partial charge in [-0.1, -0.05) is 35.9 Å². The Bertz CT molecular complexity index is 1070. The zero-order valence-electron chi connectivity index (χ0n) is 16.0. The van der Waals surface area contributed by atoms with Crippen LogP contribution in [0.4, 0.5) is 11.5 Å². The Morgan fingerprint density at radius 2 is 1.93 bits per heavy atom. The normalized spacial score (nSPS) is 19.2. The number of hydrogen-bond donors (Lipinski definition) is 2. The van der Waals surface area contributed by atoms with Gasteiger partial charge in [0.25, 0.3) is 0 Å². The number of nitriles is 1. The lowest BCUT2D eigenvalue weighted by atomic mass is 9.94. The minimum atomic E-state index is -0.736. The molecule has 0 bridgehead atoms. The first kappa shape index (κ1) is 19.2. The second-order valence-electron chi connectivity index (χ2n) is 7.24. The number of anilines is 2. The van der Waals surface area contributed by atoms with E-state index in [1.165, 1.54) is 0 Å². The first-order chi connectivity index (χ1) is 14.0. The van der Waals surface area contributed by atoms with Crippen LogP contribution in [0.3, 0.4) is 0 Å². The quantitative estimate of drug-likeness (QED) is 0.690. The highest BCUT2D eigenvalue weighted by atomic mass is 35.5. The lowest BCUT2D eigenvalue weighted by Gasteiger charge is -2.36. The molecule has 0 radical (unpaired) electrons. The number of hydrogen-bond acceptors (Lipinski definition) is 6. The molecule has 4 rings (SSSR count). The lowest BCUT2D eigenvalue weighted by molar-refractivity contribution is 0.120. The van der Waals surface area contributed by atoms with Gasteiger partial charge in [-0.25, -0.2) is 4.98 Å². The summed E-state index contributed by atoms with van der Waals surface area (Å²) in [5.41, 5.74) is 10.6. The van der Waals surface area contributed by atoms with Crippen molar-refractivity contribution >= 4 is 23.1 Å². The number of nitrogens with zero attached hydrogens (tertiary/aromatic N) is 5. The first-order valence-electron chi connectivity index (χ1n) is 9.34. The maximum Gasteiger partial charge on any atom is 0.144 e. The zero-order valence-corrected chi connectivity index (χ0v) is 16.7. The second kappa shape index (κ2) is 7.74. The van der Waals surface area contributed by atoms with E-state index < -0.39 is 6.10 Å². The topological polar surface area (TPSA) is 104 Å². The van der Waals surface area contributed by atoms with E-state index in [1.807, 2.05) is 48.6 Å². The fourth-order valence-corrected chi connectivity index (χ4v) is 3.98. The van der Waals surface area contributed by atoms with Gasteiger partial charge >= 0.3 is 0 Å². The van der Waals surface area contributed by atoms with E-state index in [9.17, 15) is 10.4 Å². The fraction of sp³-hybridized carbons (Fsp3) is 0.286. The van der Waals surface area contributed by atoms with Crippen LogP contribution in [0.25, 0.3) is 22.3 Å². The van der Waals surface area contributed by atoms with Crippen molar-refractivity contribution in [1.29, 1.82) is 5.26 Å². The van der Waals surface area contributed by atoms with Gasteiger partial charge in [-0.3, -0.25) is 4.68 Å². The number of aryl methyl sites for hydroxylation is 1. The van der Waals surface area contributed by atoms with Gasteiger partial charge in [0.05, 0.1) is 30.0 Å². The molecule has 1 aliphatic rings. The van der Waals surface area contributed by atoms with Crippen molar-refractivity contribution in [3.8, 4) is 28.3 Å². The third-order valence-corrected chi connectivity index (χ3v) is 5.69. The zero-order chi connectivity index (χ0) is 20.5. The third-order valence-electron chi connectivity index (χ3n) is 5.32. The third kappa shape index (κ3) is 3.65. The standard InChI is InChI=1S/C21H21ClN6O/c1-27-11-16(9-26-27)13-2-4-14(5-3-13)17-10-25-21(24)19(22)20(17)28-7-6-15(8-23)18(29)12-28/h2-5,9-11,15,18,29H,6-7,12H2,1H3,(H2,24,25). The molecule has 2 unspecified atom stereocenters. The van der Waals surface area contributed by atoms with Gasteiger partial charge in [0.15, 0.2) is 0 Å². The molecular formula is C21H21ClN6O. The number of aromatic nitrogens is 3. The van der Waals surface area contributed by atoms with Crippen molar-refractivity contribution in [2.75, 3.05) is 23.7 Å². The van der Waals surface area contributed by atoms with Crippen LogP contribution in [0.5, 0.6) is 0 Å². The van der Waals surface area contributed by atoms with Gasteiger partial charge in [0.1, 0.15) is 10.8 Å². The number of piperidine rings is 1. The van der Waals surface area contributed by atoms with E-state index in [0.29, 0.717) is 24.5 Å². The fourth-order valence-electron chi connectivity index (χ4n) is 3.71. The van der Waals surface area contributed by atoms with E-state index in [-0.39, 0.29) is 11.7 Å². The molecule has 3 aromatic rings. The molecule has 8 heteroatoms. The van der Waals surface area contributed by atoms with Crippen LogP contribution in [0, 0.1) is 17.2 Å². The number of β-amino-alcohol motifs (C(OH)–C–C–N with tert-alkyl or cyclic N) is 1. The summed E-state index contributed by atoms with van der Waals surface area (Å²) in [6, 6.07) is 10.2. The van der Waals surface area contributed by atoms with Crippen LogP contribution < -0.4 is 10.6 Å². The molecule has 1 fully saturated rings. The molecule has 0 amide bonds. The van der Waals surface area contributed by atoms with E-state index in [1.54, 1.807) is 10.9 Å². The molecule has 1 saturated heterocycles. The largest absolute Gasteiger partial charge is 0.390 e. The molecule has 0 saturated carbocycles. The van der Waals surface area contributed by atoms with Crippen molar-refractivity contribution in [2.45, 2.75) is 12.5 Å². The highest BCUT2D eigenvalue weighted by Crippen LogP contribution is 2.41. The molecule has 1 aliphatic heterocycles. The summed E-state index contributed by atoms with van der Waals surface area (Å²) in [7, 11) is 1.89. The summed E-state index contributed by atoms with van der Waals surface area (Å²) < 4.78 is 1.77. The first-order valence-corrected chi connectivity index (χ1v) is 9.71. The van der Waals surface area contributed by atoms with Gasteiger partial charge in [-0.05, 0) is 17.5 Å². The van der Waals surface area contributed by atoms with Crippen LogP contribution in [-0.2, 0) is 7.05 Å². The second-order valence-corrected chi connectivity index (χ2v) is 7.62. The van der Waals surface area contributed by atoms with Crippen molar-refractivity contribution in [2.24, 2.45) is 13.0 Å². The SMILES string of the molecule is Cn1cc(-c2ccc(-c3cnc(N)c(Cl)c3N3CCC(C#N)C(O)C3)cc2)cn1. The molecule has 0 aliphatic carbocycles. The summed E-state index contributed by atoms with van der Waals surface area (Å²) in [5.74, 6) is -0.124. The highest BCUT2D eigenvalue weighted by Gasteiger charge is 2.30. The van der Waals surface area contributed by atoms with Gasteiger partial charge in [-0.2, -0.15) is 10.4 Å². The Morgan fingerprint density at radius 1 is 1.21 bits per heavy atom. The van der Waals surface area contributed by atoms with Crippen LogP contribution in [0.15, 0.2) is 42.9 Å². The predicted molar refractivity (Wildman–Crippen MR) is 113 cm³/mol. The number of rotatable bonds is 3. The Kier molecular flexibility index (Phi) is 5.14. The van der Waals surface area contributed by atoms with Crippen LogP contribution in [0.2, 0.25) is 5.02 Å². The van der Waals surface area contributed by atoms with Crippen LogP contribution in [-0.4, -0.2) is 39.1 Å². The van der Waals surface area contributed by atoms with Crippen LogP contribution in [0.1, 0.15) is 6.42 Å². The minimum absolute atomic E-state index is 0.245. The van der Waals surface area contributed by atoms with E-state index in [4.69, 9.17) is 17.3 Å². The smallest absolute Gasteiger partial charge is 0.144 e. The number of benzene rings is 1. The van der Waals surface area contributed by atoms with Gasteiger partial charge in [-0.15, -0.1) is 0 Å².